The molecule has 7 heteroatoms. The molecule has 0 heterocycles. The van der Waals surface area contributed by atoms with Crippen LogP contribution in [0.15, 0.2) is 48.5 Å². The molecule has 1 saturated carbocycles. The molecular weight excluding hydrogens is 420 g/mol. The summed E-state index contributed by atoms with van der Waals surface area (Å²) in [6.45, 7) is 2.12. The van der Waals surface area contributed by atoms with E-state index in [9.17, 15) is 14.4 Å². The number of nitrogens with one attached hydrogen (secondary N) is 2. The van der Waals surface area contributed by atoms with E-state index < -0.39 is 24.1 Å². The molecule has 0 aromatic heterocycles. The summed E-state index contributed by atoms with van der Waals surface area (Å²) in [6, 6.07) is 15.1. The van der Waals surface area contributed by atoms with Crippen LogP contribution in [0.3, 0.4) is 0 Å². The van der Waals surface area contributed by atoms with Crippen LogP contribution in [0.25, 0.3) is 11.1 Å². The number of carbonyl (C=O) groups is 3. The highest BCUT2D eigenvalue weighted by molar-refractivity contribution is 5.87. The number of hydrogen-bond donors (Lipinski definition) is 3. The van der Waals surface area contributed by atoms with E-state index in [1.54, 1.807) is 0 Å². The number of hydrogen-bond acceptors (Lipinski definition) is 4. The predicted molar refractivity (Wildman–Crippen MR) is 124 cm³/mol. The lowest BCUT2D eigenvalue weighted by atomic mass is 9.98. The first kappa shape index (κ1) is 22.8. The van der Waals surface area contributed by atoms with Gasteiger partial charge in [0.1, 0.15) is 12.6 Å². The van der Waals surface area contributed by atoms with Crippen molar-refractivity contribution in [2.24, 2.45) is 5.92 Å². The van der Waals surface area contributed by atoms with Crippen LogP contribution < -0.4 is 10.6 Å². The Morgan fingerprint density at radius 3 is 2.15 bits per heavy atom. The third-order valence-corrected chi connectivity index (χ3v) is 6.40. The van der Waals surface area contributed by atoms with E-state index in [2.05, 4.69) is 34.9 Å². The number of ether oxygens (including phenoxy) is 1. The van der Waals surface area contributed by atoms with Gasteiger partial charge in [0.2, 0.25) is 5.91 Å². The van der Waals surface area contributed by atoms with E-state index >= 15 is 0 Å². The summed E-state index contributed by atoms with van der Waals surface area (Å²) in [5.74, 6) is -1.30. The number of carboxylic acids is 1. The van der Waals surface area contributed by atoms with Crippen molar-refractivity contribution in [3.05, 3.63) is 59.7 Å². The minimum atomic E-state index is -0.957. The lowest BCUT2D eigenvalue weighted by Crippen LogP contribution is -2.51. The summed E-state index contributed by atoms with van der Waals surface area (Å²) in [7, 11) is 0. The second-order valence-corrected chi connectivity index (χ2v) is 8.88. The first-order valence-corrected chi connectivity index (χ1v) is 11.6. The SMILES string of the molecule is CCC[C@H](CC(=O)O)NC(=O)C(NC(=O)OCC1c2ccccc2-c2ccccc21)C1CC1. The van der Waals surface area contributed by atoms with Gasteiger partial charge in [0, 0.05) is 12.0 Å². The van der Waals surface area contributed by atoms with Crippen molar-refractivity contribution >= 4 is 18.0 Å². The molecule has 0 spiro atoms. The number of rotatable bonds is 10. The molecule has 3 N–H and O–H groups in total. The smallest absolute Gasteiger partial charge is 0.407 e. The van der Waals surface area contributed by atoms with Crippen LogP contribution in [-0.2, 0) is 14.3 Å². The highest BCUT2D eigenvalue weighted by Crippen LogP contribution is 2.44. The lowest BCUT2D eigenvalue weighted by Gasteiger charge is -2.22. The quantitative estimate of drug-likeness (QED) is 0.506. The van der Waals surface area contributed by atoms with Crippen molar-refractivity contribution < 1.29 is 24.2 Å². The first-order chi connectivity index (χ1) is 16.0. The van der Waals surface area contributed by atoms with Crippen molar-refractivity contribution in [1.82, 2.24) is 10.6 Å². The van der Waals surface area contributed by atoms with Crippen LogP contribution >= 0.6 is 0 Å². The van der Waals surface area contributed by atoms with Crippen LogP contribution in [0.5, 0.6) is 0 Å². The van der Waals surface area contributed by atoms with Gasteiger partial charge in [-0.3, -0.25) is 9.59 Å². The molecule has 0 saturated heterocycles. The van der Waals surface area contributed by atoms with Crippen LogP contribution in [0, 0.1) is 5.92 Å². The molecule has 2 aliphatic rings. The molecule has 0 aliphatic heterocycles. The molecule has 174 valence electrons. The minimum absolute atomic E-state index is 0.0533. The van der Waals surface area contributed by atoms with Gasteiger partial charge in [-0.2, -0.15) is 0 Å². The molecule has 1 unspecified atom stereocenters. The molecule has 7 nitrogen and oxygen atoms in total. The van der Waals surface area contributed by atoms with Gasteiger partial charge < -0.3 is 20.5 Å². The van der Waals surface area contributed by atoms with Gasteiger partial charge in [0.25, 0.3) is 0 Å². The minimum Gasteiger partial charge on any atom is -0.481 e. The molecule has 0 radical (unpaired) electrons. The van der Waals surface area contributed by atoms with Gasteiger partial charge in [0.05, 0.1) is 6.42 Å². The Balaban J connectivity index is 1.38. The summed E-state index contributed by atoms with van der Waals surface area (Å²) in [5, 5.41) is 14.6. The Bertz CT molecular complexity index is 987. The summed E-state index contributed by atoms with van der Waals surface area (Å²) in [6.07, 6.45) is 2.25. The third kappa shape index (κ3) is 5.35. The standard InChI is InChI=1S/C26H30N2O5/c1-2-7-17(14-23(29)30)27-25(31)24(16-12-13-16)28-26(32)33-15-22-20-10-5-3-8-18(20)19-9-4-6-11-21(19)22/h3-6,8-11,16-17,22,24H,2,7,12-15H2,1H3,(H,27,31)(H,28,32)(H,29,30)/t17-,24?/m1/s1. The maximum Gasteiger partial charge on any atom is 0.407 e. The van der Waals surface area contributed by atoms with E-state index in [1.165, 1.54) is 0 Å². The Labute approximate surface area is 193 Å². The Kier molecular flexibility index (Phi) is 6.96. The maximum absolute atomic E-state index is 12.8. The largest absolute Gasteiger partial charge is 0.481 e. The normalized spacial score (nSPS) is 16.3. The lowest BCUT2D eigenvalue weighted by molar-refractivity contribution is -0.137. The number of amides is 2. The molecule has 1 fully saturated rings. The van der Waals surface area contributed by atoms with Gasteiger partial charge in [-0.15, -0.1) is 0 Å². The number of carbonyl (C=O) groups excluding carboxylic acids is 2. The fourth-order valence-electron chi connectivity index (χ4n) is 4.67. The first-order valence-electron chi connectivity index (χ1n) is 11.6. The zero-order chi connectivity index (χ0) is 23.4. The average molecular weight is 451 g/mol. The van der Waals surface area contributed by atoms with Crippen LogP contribution in [0.4, 0.5) is 4.79 Å². The Morgan fingerprint density at radius 2 is 1.61 bits per heavy atom. The average Bonchev–Trinajstić information content (AvgIpc) is 3.58. The fourth-order valence-corrected chi connectivity index (χ4v) is 4.67. The number of alkyl carbamates (subject to hydrolysis) is 1. The highest BCUT2D eigenvalue weighted by Gasteiger charge is 2.38. The second-order valence-electron chi connectivity index (χ2n) is 8.88. The van der Waals surface area contributed by atoms with Crippen LogP contribution in [0.1, 0.15) is 56.1 Å². The van der Waals surface area contributed by atoms with Gasteiger partial charge >= 0.3 is 12.1 Å². The van der Waals surface area contributed by atoms with Gasteiger partial charge in [-0.1, -0.05) is 61.9 Å². The molecule has 0 bridgehead atoms. The summed E-state index contributed by atoms with van der Waals surface area (Å²) in [5.41, 5.74) is 4.55. The van der Waals surface area contributed by atoms with Crippen molar-refractivity contribution in [3.8, 4) is 11.1 Å². The molecule has 2 atom stereocenters. The van der Waals surface area contributed by atoms with E-state index in [1.807, 2.05) is 31.2 Å². The topological polar surface area (TPSA) is 105 Å². The van der Waals surface area contributed by atoms with Gasteiger partial charge in [-0.05, 0) is 47.4 Å². The monoisotopic (exact) mass is 450 g/mol. The molecule has 2 aromatic carbocycles. The van der Waals surface area contributed by atoms with E-state index in [0.717, 1.165) is 41.5 Å². The van der Waals surface area contributed by atoms with Crippen molar-refractivity contribution in [2.45, 2.75) is 57.0 Å². The number of carboxylic acid groups (broad SMARTS) is 1. The maximum atomic E-state index is 12.8. The van der Waals surface area contributed by atoms with Crippen LogP contribution in [-0.4, -0.2) is 41.8 Å². The second kappa shape index (κ2) is 10.1. The molecule has 2 amide bonds. The predicted octanol–water partition coefficient (Wildman–Crippen LogP) is 4.06. The van der Waals surface area contributed by atoms with Crippen LogP contribution in [0.2, 0.25) is 0 Å². The van der Waals surface area contributed by atoms with Gasteiger partial charge in [0.15, 0.2) is 0 Å². The fraction of sp³-hybridized carbons (Fsp3) is 0.423. The van der Waals surface area contributed by atoms with Crippen molar-refractivity contribution in [1.29, 1.82) is 0 Å². The number of aliphatic carboxylic acids is 1. The van der Waals surface area contributed by atoms with E-state index in [0.29, 0.717) is 6.42 Å². The highest BCUT2D eigenvalue weighted by atomic mass is 16.5. The van der Waals surface area contributed by atoms with Crippen molar-refractivity contribution in [3.63, 3.8) is 0 Å². The Hall–Kier alpha value is -3.35. The van der Waals surface area contributed by atoms with E-state index in [4.69, 9.17) is 9.84 Å². The molecule has 2 aromatic rings. The summed E-state index contributed by atoms with van der Waals surface area (Å²) in [4.78, 5) is 36.6. The zero-order valence-electron chi connectivity index (χ0n) is 18.8. The summed E-state index contributed by atoms with van der Waals surface area (Å²) >= 11 is 0. The van der Waals surface area contributed by atoms with Crippen molar-refractivity contribution in [2.75, 3.05) is 6.61 Å². The molecule has 4 rings (SSSR count). The number of benzene rings is 2. The van der Waals surface area contributed by atoms with Gasteiger partial charge in [-0.25, -0.2) is 4.79 Å². The summed E-state index contributed by atoms with van der Waals surface area (Å²) < 4.78 is 5.59. The Morgan fingerprint density at radius 1 is 1.00 bits per heavy atom. The zero-order valence-corrected chi connectivity index (χ0v) is 18.8. The molecular formula is C26H30N2O5. The molecule has 33 heavy (non-hydrogen) atoms. The molecule has 2 aliphatic carbocycles. The van der Waals surface area contributed by atoms with E-state index in [-0.39, 0.29) is 30.8 Å². The number of fused-ring (bicyclic) bond motifs is 3. The third-order valence-electron chi connectivity index (χ3n) is 6.40.